The van der Waals surface area contributed by atoms with Gasteiger partial charge in [0.2, 0.25) is 5.91 Å². The maximum Gasteiger partial charge on any atom is 0.349 e. The summed E-state index contributed by atoms with van der Waals surface area (Å²) >= 11 is 1.12. The van der Waals surface area contributed by atoms with Crippen LogP contribution < -0.4 is 5.32 Å². The Kier molecular flexibility index (Phi) is 2.91. The van der Waals surface area contributed by atoms with Crippen molar-refractivity contribution in [2.45, 2.75) is 13.3 Å². The van der Waals surface area contributed by atoms with Gasteiger partial charge in [-0.05, 0) is 12.3 Å². The zero-order chi connectivity index (χ0) is 11.7. The van der Waals surface area contributed by atoms with Crippen LogP contribution in [0.25, 0.3) is 0 Å². The highest BCUT2D eigenvalue weighted by molar-refractivity contribution is 7.17. The topological polar surface area (TPSA) is 68.3 Å². The van der Waals surface area contributed by atoms with Gasteiger partial charge in [0, 0.05) is 5.92 Å². The standard InChI is InChI=1S/C10H12N2O3S/c1-5-3-6(5)8(13)12-10-11-4-7(16-10)9(14)15-2/h4-6H,3H2,1-2H3,(H,11,12,13)/t5-,6+/m0/s1. The van der Waals surface area contributed by atoms with Crippen molar-refractivity contribution in [2.24, 2.45) is 11.8 Å². The molecule has 0 radical (unpaired) electrons. The summed E-state index contributed by atoms with van der Waals surface area (Å²) in [5, 5.41) is 3.14. The van der Waals surface area contributed by atoms with Gasteiger partial charge in [0.15, 0.2) is 5.13 Å². The molecule has 1 fully saturated rings. The molecule has 0 saturated heterocycles. The fraction of sp³-hybridized carbons (Fsp3) is 0.500. The van der Waals surface area contributed by atoms with E-state index in [1.165, 1.54) is 13.3 Å². The van der Waals surface area contributed by atoms with Gasteiger partial charge in [0.25, 0.3) is 0 Å². The molecule has 0 unspecified atom stereocenters. The molecular formula is C10H12N2O3S. The van der Waals surface area contributed by atoms with Crippen molar-refractivity contribution in [3.8, 4) is 0 Å². The molecular weight excluding hydrogens is 228 g/mol. The largest absolute Gasteiger partial charge is 0.465 e. The first-order valence-corrected chi connectivity index (χ1v) is 5.78. The number of amides is 1. The number of anilines is 1. The SMILES string of the molecule is COC(=O)c1cnc(NC(=O)[C@@H]2C[C@@H]2C)s1. The summed E-state index contributed by atoms with van der Waals surface area (Å²) in [4.78, 5) is 27.1. The molecule has 1 aliphatic rings. The molecule has 1 amide bonds. The summed E-state index contributed by atoms with van der Waals surface area (Å²) in [7, 11) is 1.31. The van der Waals surface area contributed by atoms with Gasteiger partial charge >= 0.3 is 5.97 Å². The van der Waals surface area contributed by atoms with Gasteiger partial charge in [-0.1, -0.05) is 18.3 Å². The zero-order valence-electron chi connectivity index (χ0n) is 9.02. The summed E-state index contributed by atoms with van der Waals surface area (Å²) in [5.74, 6) is 0.113. The highest BCUT2D eigenvalue weighted by Crippen LogP contribution is 2.38. The third-order valence-corrected chi connectivity index (χ3v) is 3.46. The van der Waals surface area contributed by atoms with Crippen molar-refractivity contribution in [2.75, 3.05) is 12.4 Å². The first-order chi connectivity index (χ1) is 7.61. The number of aromatic nitrogens is 1. The first kappa shape index (κ1) is 11.1. The smallest absolute Gasteiger partial charge is 0.349 e. The number of hydrogen-bond acceptors (Lipinski definition) is 5. The molecule has 1 aliphatic carbocycles. The normalized spacial score (nSPS) is 22.6. The second-order valence-electron chi connectivity index (χ2n) is 3.83. The molecule has 0 aliphatic heterocycles. The van der Waals surface area contributed by atoms with E-state index in [-0.39, 0.29) is 11.8 Å². The van der Waals surface area contributed by atoms with Crippen molar-refractivity contribution < 1.29 is 14.3 Å². The molecule has 16 heavy (non-hydrogen) atoms. The van der Waals surface area contributed by atoms with Gasteiger partial charge in [0.05, 0.1) is 13.3 Å². The number of rotatable bonds is 3. The third kappa shape index (κ3) is 2.21. The van der Waals surface area contributed by atoms with Crippen LogP contribution in [0.3, 0.4) is 0 Å². The van der Waals surface area contributed by atoms with Crippen LogP contribution in [-0.4, -0.2) is 24.0 Å². The van der Waals surface area contributed by atoms with Crippen molar-refractivity contribution >= 4 is 28.3 Å². The van der Waals surface area contributed by atoms with E-state index in [9.17, 15) is 9.59 Å². The summed E-state index contributed by atoms with van der Waals surface area (Å²) in [5.41, 5.74) is 0. The average molecular weight is 240 g/mol. The predicted octanol–water partition coefficient (Wildman–Crippen LogP) is 1.52. The second-order valence-corrected chi connectivity index (χ2v) is 4.86. The zero-order valence-corrected chi connectivity index (χ0v) is 9.84. The summed E-state index contributed by atoms with van der Waals surface area (Å²) < 4.78 is 4.55. The van der Waals surface area contributed by atoms with Crippen LogP contribution in [0.15, 0.2) is 6.20 Å². The molecule has 1 heterocycles. The summed E-state index contributed by atoms with van der Waals surface area (Å²) in [6, 6.07) is 0. The van der Waals surface area contributed by atoms with Gasteiger partial charge in [-0.2, -0.15) is 0 Å². The molecule has 2 rings (SSSR count). The molecule has 86 valence electrons. The Morgan fingerprint density at radius 1 is 1.62 bits per heavy atom. The summed E-state index contributed by atoms with van der Waals surface area (Å²) in [6.07, 6.45) is 2.34. The second kappa shape index (κ2) is 4.21. The lowest BCUT2D eigenvalue weighted by Crippen LogP contribution is -2.14. The Labute approximate surface area is 96.8 Å². The minimum absolute atomic E-state index is 0.0155. The number of methoxy groups -OCH3 is 1. The van der Waals surface area contributed by atoms with Gasteiger partial charge in [0.1, 0.15) is 4.88 Å². The van der Waals surface area contributed by atoms with Gasteiger partial charge in [-0.3, -0.25) is 4.79 Å². The number of nitrogens with zero attached hydrogens (tertiary/aromatic N) is 1. The van der Waals surface area contributed by atoms with Crippen LogP contribution in [-0.2, 0) is 9.53 Å². The van der Waals surface area contributed by atoms with E-state index in [1.54, 1.807) is 0 Å². The lowest BCUT2D eigenvalue weighted by molar-refractivity contribution is -0.117. The first-order valence-electron chi connectivity index (χ1n) is 4.97. The Morgan fingerprint density at radius 3 is 2.88 bits per heavy atom. The van der Waals surface area contributed by atoms with Crippen molar-refractivity contribution in [1.82, 2.24) is 4.98 Å². The van der Waals surface area contributed by atoms with Crippen molar-refractivity contribution in [1.29, 1.82) is 0 Å². The van der Waals surface area contributed by atoms with E-state index < -0.39 is 5.97 Å². The molecule has 0 bridgehead atoms. The monoisotopic (exact) mass is 240 g/mol. The molecule has 1 aromatic rings. The number of thiazole rings is 1. The van der Waals surface area contributed by atoms with E-state index >= 15 is 0 Å². The Hall–Kier alpha value is -1.43. The van der Waals surface area contributed by atoms with Crippen LogP contribution in [0, 0.1) is 11.8 Å². The molecule has 0 spiro atoms. The molecule has 5 nitrogen and oxygen atoms in total. The predicted molar refractivity (Wildman–Crippen MR) is 59.4 cm³/mol. The number of hydrogen-bond donors (Lipinski definition) is 1. The van der Waals surface area contributed by atoms with Crippen LogP contribution in [0.1, 0.15) is 23.0 Å². The third-order valence-electron chi connectivity index (χ3n) is 2.57. The number of carbonyl (C=O) groups is 2. The van der Waals surface area contributed by atoms with Crippen LogP contribution in [0.4, 0.5) is 5.13 Å². The molecule has 1 N–H and O–H groups in total. The van der Waals surface area contributed by atoms with E-state index in [1.807, 2.05) is 6.92 Å². The maximum absolute atomic E-state index is 11.6. The molecule has 0 aromatic carbocycles. The van der Waals surface area contributed by atoms with Crippen LogP contribution in [0.2, 0.25) is 0 Å². The quantitative estimate of drug-likeness (QED) is 0.813. The lowest BCUT2D eigenvalue weighted by atomic mass is 10.3. The molecule has 1 aromatic heterocycles. The molecule has 2 atom stereocenters. The van der Waals surface area contributed by atoms with Gasteiger partial charge in [-0.15, -0.1) is 0 Å². The number of esters is 1. The Balaban J connectivity index is 1.97. The van der Waals surface area contributed by atoms with Gasteiger partial charge in [-0.25, -0.2) is 9.78 Å². The minimum atomic E-state index is -0.433. The molecule has 6 heteroatoms. The Morgan fingerprint density at radius 2 is 2.31 bits per heavy atom. The van der Waals surface area contributed by atoms with E-state index in [0.29, 0.717) is 15.9 Å². The maximum atomic E-state index is 11.6. The van der Waals surface area contributed by atoms with E-state index in [4.69, 9.17) is 0 Å². The van der Waals surface area contributed by atoms with Gasteiger partial charge < -0.3 is 10.1 Å². The van der Waals surface area contributed by atoms with E-state index in [2.05, 4.69) is 15.0 Å². The van der Waals surface area contributed by atoms with Crippen LogP contribution >= 0.6 is 11.3 Å². The van der Waals surface area contributed by atoms with Crippen LogP contribution in [0.5, 0.6) is 0 Å². The fourth-order valence-corrected chi connectivity index (χ4v) is 2.15. The highest BCUT2D eigenvalue weighted by Gasteiger charge is 2.39. The fourth-order valence-electron chi connectivity index (χ4n) is 1.41. The van der Waals surface area contributed by atoms with E-state index in [0.717, 1.165) is 17.8 Å². The number of carbonyl (C=O) groups excluding carboxylic acids is 2. The van der Waals surface area contributed by atoms with Crippen molar-refractivity contribution in [3.63, 3.8) is 0 Å². The minimum Gasteiger partial charge on any atom is -0.465 e. The highest BCUT2D eigenvalue weighted by atomic mass is 32.1. The lowest BCUT2D eigenvalue weighted by Gasteiger charge is -1.98. The molecule has 1 saturated carbocycles. The number of nitrogens with one attached hydrogen (secondary N) is 1. The summed E-state index contributed by atoms with van der Waals surface area (Å²) in [6.45, 7) is 2.03. The van der Waals surface area contributed by atoms with Crippen molar-refractivity contribution in [3.05, 3.63) is 11.1 Å². The Bertz CT molecular complexity index is 429. The number of ether oxygens (including phenoxy) is 1. The average Bonchev–Trinajstić information content (AvgIpc) is 2.82.